The van der Waals surface area contributed by atoms with Crippen molar-refractivity contribution in [2.45, 2.75) is 19.6 Å². The molecule has 2 aromatic heterocycles. The van der Waals surface area contributed by atoms with Crippen molar-refractivity contribution in [3.8, 4) is 5.69 Å². The Morgan fingerprint density at radius 1 is 0.862 bits per heavy atom. The molecule has 0 unspecified atom stereocenters. The molecule has 0 bridgehead atoms. The number of amides is 2. The van der Waals surface area contributed by atoms with Crippen LogP contribution in [0.1, 0.15) is 16.7 Å². The summed E-state index contributed by atoms with van der Waals surface area (Å²) >= 11 is 0. The fraction of sp³-hybridized carbons (Fsp3) is 0.136. The molecule has 4 rings (SSSR count). The third-order valence-corrected chi connectivity index (χ3v) is 4.56. The number of hydrogen-bond acceptors (Lipinski definition) is 3. The first-order valence-electron chi connectivity index (χ1n) is 9.43. The molecule has 7 nitrogen and oxygen atoms in total. The lowest BCUT2D eigenvalue weighted by Gasteiger charge is -2.11. The zero-order valence-electron chi connectivity index (χ0n) is 15.9. The van der Waals surface area contributed by atoms with Gasteiger partial charge in [-0.3, -0.25) is 4.68 Å². The fourth-order valence-electron chi connectivity index (χ4n) is 3.05. The highest BCUT2D eigenvalue weighted by molar-refractivity contribution is 5.73. The van der Waals surface area contributed by atoms with Crippen molar-refractivity contribution in [2.75, 3.05) is 0 Å². The van der Waals surface area contributed by atoms with E-state index in [4.69, 9.17) is 0 Å². The van der Waals surface area contributed by atoms with Crippen LogP contribution in [0.4, 0.5) is 4.79 Å². The van der Waals surface area contributed by atoms with Crippen LogP contribution in [0.25, 0.3) is 5.69 Å². The van der Waals surface area contributed by atoms with Gasteiger partial charge < -0.3 is 10.6 Å². The van der Waals surface area contributed by atoms with E-state index in [0.29, 0.717) is 19.6 Å². The Kier molecular flexibility index (Phi) is 5.66. The normalized spacial score (nSPS) is 10.6. The van der Waals surface area contributed by atoms with E-state index in [1.54, 1.807) is 17.1 Å². The van der Waals surface area contributed by atoms with Crippen LogP contribution >= 0.6 is 0 Å². The number of para-hydroxylation sites is 1. The van der Waals surface area contributed by atoms with Gasteiger partial charge in [0, 0.05) is 37.2 Å². The van der Waals surface area contributed by atoms with Crippen LogP contribution in [-0.4, -0.2) is 25.6 Å². The van der Waals surface area contributed by atoms with E-state index in [1.165, 1.54) is 0 Å². The number of hydrogen-bond donors (Lipinski definition) is 2. The summed E-state index contributed by atoms with van der Waals surface area (Å²) in [5, 5.41) is 14.4. The van der Waals surface area contributed by atoms with E-state index in [-0.39, 0.29) is 6.03 Å². The molecule has 0 atom stereocenters. The van der Waals surface area contributed by atoms with E-state index in [2.05, 4.69) is 26.9 Å². The second kappa shape index (κ2) is 8.88. The summed E-state index contributed by atoms with van der Waals surface area (Å²) in [7, 11) is 0. The van der Waals surface area contributed by atoms with Gasteiger partial charge in [0.15, 0.2) is 0 Å². The Morgan fingerprint density at radius 3 is 2.41 bits per heavy atom. The molecular formula is C22H22N6O. The number of carbonyl (C=O) groups is 1. The van der Waals surface area contributed by atoms with Gasteiger partial charge in [-0.2, -0.15) is 10.2 Å². The molecule has 146 valence electrons. The Morgan fingerprint density at radius 2 is 1.62 bits per heavy atom. The molecule has 2 heterocycles. The molecule has 29 heavy (non-hydrogen) atoms. The van der Waals surface area contributed by atoms with Gasteiger partial charge in [0.25, 0.3) is 0 Å². The standard InChI is InChI=1S/C22H22N6O/c29-22(23-13-18-14-26-28(16-18)21-9-2-1-3-10-21)24-15-19-7-4-5-8-20(19)17-27-12-6-11-25-27/h1-12,14,16H,13,15,17H2,(H2,23,24,29). The molecule has 0 aliphatic heterocycles. The fourth-order valence-corrected chi connectivity index (χ4v) is 3.05. The van der Waals surface area contributed by atoms with Crippen LogP contribution in [0.15, 0.2) is 85.5 Å². The average Bonchev–Trinajstić information content (AvgIpc) is 3.44. The van der Waals surface area contributed by atoms with Gasteiger partial charge in [0.1, 0.15) is 0 Å². The molecule has 0 spiro atoms. The van der Waals surface area contributed by atoms with E-state index >= 15 is 0 Å². The van der Waals surface area contributed by atoms with Crippen molar-refractivity contribution in [2.24, 2.45) is 0 Å². The molecule has 2 amide bonds. The monoisotopic (exact) mass is 386 g/mol. The first kappa shape index (κ1) is 18.5. The molecular weight excluding hydrogens is 364 g/mol. The lowest BCUT2D eigenvalue weighted by atomic mass is 10.1. The van der Waals surface area contributed by atoms with Crippen molar-refractivity contribution >= 4 is 6.03 Å². The predicted octanol–water partition coefficient (Wildman–Crippen LogP) is 3.12. The second-order valence-corrected chi connectivity index (χ2v) is 6.64. The number of nitrogens with one attached hydrogen (secondary N) is 2. The number of carbonyl (C=O) groups excluding carboxylic acids is 1. The number of benzene rings is 2. The van der Waals surface area contributed by atoms with Gasteiger partial charge in [0.05, 0.1) is 18.4 Å². The van der Waals surface area contributed by atoms with Crippen LogP contribution < -0.4 is 10.6 Å². The first-order valence-corrected chi connectivity index (χ1v) is 9.43. The van der Waals surface area contributed by atoms with E-state index in [0.717, 1.165) is 22.4 Å². The minimum Gasteiger partial charge on any atom is -0.334 e. The van der Waals surface area contributed by atoms with Gasteiger partial charge in [0.2, 0.25) is 0 Å². The molecule has 2 aromatic carbocycles. The van der Waals surface area contributed by atoms with Crippen LogP contribution in [0.3, 0.4) is 0 Å². The summed E-state index contributed by atoms with van der Waals surface area (Å²) in [6.45, 7) is 1.53. The molecule has 0 aliphatic rings. The minimum absolute atomic E-state index is 0.216. The quantitative estimate of drug-likeness (QED) is 0.512. The van der Waals surface area contributed by atoms with Crippen molar-refractivity contribution < 1.29 is 4.79 Å². The Bertz CT molecular complexity index is 1060. The van der Waals surface area contributed by atoms with Crippen molar-refractivity contribution in [1.29, 1.82) is 0 Å². The molecule has 7 heteroatoms. The van der Waals surface area contributed by atoms with E-state index in [9.17, 15) is 4.79 Å². The summed E-state index contributed by atoms with van der Waals surface area (Å²) in [5.74, 6) is 0. The Labute approximate surface area is 169 Å². The highest BCUT2D eigenvalue weighted by Gasteiger charge is 2.07. The van der Waals surface area contributed by atoms with Crippen molar-refractivity contribution in [1.82, 2.24) is 30.2 Å². The highest BCUT2D eigenvalue weighted by Crippen LogP contribution is 2.10. The summed E-state index contributed by atoms with van der Waals surface area (Å²) in [4.78, 5) is 12.2. The predicted molar refractivity (Wildman–Crippen MR) is 110 cm³/mol. The van der Waals surface area contributed by atoms with Crippen LogP contribution in [-0.2, 0) is 19.6 Å². The van der Waals surface area contributed by atoms with Gasteiger partial charge in [-0.1, -0.05) is 42.5 Å². The average molecular weight is 386 g/mol. The maximum atomic E-state index is 12.2. The molecule has 2 N–H and O–H groups in total. The molecule has 0 fully saturated rings. The van der Waals surface area contributed by atoms with E-state index in [1.807, 2.05) is 71.7 Å². The van der Waals surface area contributed by atoms with Crippen molar-refractivity contribution in [3.63, 3.8) is 0 Å². The minimum atomic E-state index is -0.216. The number of aromatic nitrogens is 4. The zero-order chi connectivity index (χ0) is 19.9. The summed E-state index contributed by atoms with van der Waals surface area (Å²) in [6, 6.07) is 19.6. The Hall–Kier alpha value is -3.87. The van der Waals surface area contributed by atoms with Gasteiger partial charge in [-0.05, 0) is 29.3 Å². The van der Waals surface area contributed by atoms with E-state index < -0.39 is 0 Å². The lowest BCUT2D eigenvalue weighted by molar-refractivity contribution is 0.240. The molecule has 0 radical (unpaired) electrons. The number of nitrogens with zero attached hydrogens (tertiary/aromatic N) is 4. The Balaban J connectivity index is 1.29. The maximum Gasteiger partial charge on any atom is 0.315 e. The largest absolute Gasteiger partial charge is 0.334 e. The summed E-state index contributed by atoms with van der Waals surface area (Å²) in [5.41, 5.74) is 4.11. The van der Waals surface area contributed by atoms with Crippen LogP contribution in [0.5, 0.6) is 0 Å². The molecule has 0 saturated carbocycles. The van der Waals surface area contributed by atoms with Crippen LogP contribution in [0.2, 0.25) is 0 Å². The SMILES string of the molecule is O=C(NCc1cnn(-c2ccccc2)c1)NCc1ccccc1Cn1cccn1. The highest BCUT2D eigenvalue weighted by atomic mass is 16.2. The maximum absolute atomic E-state index is 12.2. The topological polar surface area (TPSA) is 76.8 Å². The number of rotatable bonds is 7. The second-order valence-electron chi connectivity index (χ2n) is 6.64. The third-order valence-electron chi connectivity index (χ3n) is 4.56. The molecule has 0 aliphatic carbocycles. The summed E-state index contributed by atoms with van der Waals surface area (Å²) in [6.07, 6.45) is 7.35. The molecule has 4 aromatic rings. The van der Waals surface area contributed by atoms with Gasteiger partial charge in [-0.15, -0.1) is 0 Å². The van der Waals surface area contributed by atoms with Gasteiger partial charge >= 0.3 is 6.03 Å². The number of urea groups is 1. The van der Waals surface area contributed by atoms with Crippen LogP contribution in [0, 0.1) is 0 Å². The van der Waals surface area contributed by atoms with Gasteiger partial charge in [-0.25, -0.2) is 9.48 Å². The smallest absolute Gasteiger partial charge is 0.315 e. The van der Waals surface area contributed by atoms with Crippen molar-refractivity contribution in [3.05, 3.63) is 102 Å². The molecule has 0 saturated heterocycles. The lowest BCUT2D eigenvalue weighted by Crippen LogP contribution is -2.34. The zero-order valence-corrected chi connectivity index (χ0v) is 15.9. The first-order chi connectivity index (χ1) is 14.3. The third kappa shape index (κ3) is 4.90. The summed E-state index contributed by atoms with van der Waals surface area (Å²) < 4.78 is 3.66.